The Balaban J connectivity index is 2.19. The lowest BCUT2D eigenvalue weighted by molar-refractivity contribution is -0.134. The lowest BCUT2D eigenvalue weighted by atomic mass is 10.1. The Morgan fingerprint density at radius 2 is 2.05 bits per heavy atom. The molecule has 2 N–H and O–H groups in total. The van der Waals surface area contributed by atoms with Gasteiger partial charge in [0.2, 0.25) is 11.8 Å². The zero-order valence-electron chi connectivity index (χ0n) is 13.0. The van der Waals surface area contributed by atoms with Crippen LogP contribution in [0, 0.1) is 0 Å². The van der Waals surface area contributed by atoms with E-state index >= 15 is 0 Å². The highest BCUT2D eigenvalue weighted by molar-refractivity contribution is 5.85. The van der Waals surface area contributed by atoms with E-state index in [-0.39, 0.29) is 36.5 Å². The van der Waals surface area contributed by atoms with E-state index in [1.165, 1.54) is 4.90 Å². The second kappa shape index (κ2) is 7.59. The first-order chi connectivity index (χ1) is 9.28. The number of nitrogens with zero attached hydrogens (tertiary/aromatic N) is 1. The van der Waals surface area contributed by atoms with E-state index in [0.29, 0.717) is 6.54 Å². The van der Waals surface area contributed by atoms with Crippen LogP contribution >= 0.6 is 0 Å². The molecule has 20 heavy (non-hydrogen) atoms. The summed E-state index contributed by atoms with van der Waals surface area (Å²) in [5.41, 5.74) is -0.279. The number of ether oxygens (including phenoxy) is 1. The Bertz CT molecular complexity index is 333. The number of likely N-dealkylation sites (N-methyl/N-ethyl adjacent to an activating group) is 1. The number of carbonyl (C=O) groups is 2. The lowest BCUT2D eigenvalue weighted by Crippen LogP contribution is -2.47. The first kappa shape index (κ1) is 16.9. The zero-order chi connectivity index (χ0) is 15.2. The molecule has 2 amide bonds. The van der Waals surface area contributed by atoms with Crippen LogP contribution < -0.4 is 10.6 Å². The van der Waals surface area contributed by atoms with E-state index in [1.54, 1.807) is 7.05 Å². The van der Waals surface area contributed by atoms with E-state index in [0.717, 1.165) is 19.4 Å². The molecular formula is C14H27N3O3. The van der Waals surface area contributed by atoms with Crippen LogP contribution in [0.15, 0.2) is 0 Å². The van der Waals surface area contributed by atoms with Crippen LogP contribution in [0.1, 0.15) is 33.6 Å². The van der Waals surface area contributed by atoms with Crippen molar-refractivity contribution in [1.82, 2.24) is 15.5 Å². The van der Waals surface area contributed by atoms with Gasteiger partial charge >= 0.3 is 0 Å². The summed E-state index contributed by atoms with van der Waals surface area (Å²) < 4.78 is 5.46. The Labute approximate surface area is 121 Å². The minimum Gasteiger partial charge on any atom is -0.377 e. The molecule has 1 rings (SSSR count). The van der Waals surface area contributed by atoms with Gasteiger partial charge in [-0.1, -0.05) is 0 Å². The van der Waals surface area contributed by atoms with Gasteiger partial charge in [-0.05, 0) is 33.6 Å². The average molecular weight is 285 g/mol. The molecular weight excluding hydrogens is 258 g/mol. The van der Waals surface area contributed by atoms with Gasteiger partial charge < -0.3 is 20.3 Å². The third-order valence-electron chi connectivity index (χ3n) is 2.99. The molecule has 0 aromatic rings. The third-order valence-corrected chi connectivity index (χ3v) is 2.99. The topological polar surface area (TPSA) is 70.7 Å². The molecule has 1 aliphatic rings. The molecule has 0 radical (unpaired) electrons. The van der Waals surface area contributed by atoms with Gasteiger partial charge in [0.1, 0.15) is 0 Å². The number of hydrogen-bond donors (Lipinski definition) is 2. The minimum absolute atomic E-state index is 0.0811. The molecule has 0 aliphatic carbocycles. The van der Waals surface area contributed by atoms with Gasteiger partial charge in [-0.25, -0.2) is 0 Å². The van der Waals surface area contributed by atoms with Crippen molar-refractivity contribution >= 4 is 11.8 Å². The Kier molecular flexibility index (Phi) is 6.42. The van der Waals surface area contributed by atoms with Gasteiger partial charge in [-0.2, -0.15) is 0 Å². The van der Waals surface area contributed by atoms with Crippen molar-refractivity contribution in [2.75, 3.05) is 33.3 Å². The van der Waals surface area contributed by atoms with E-state index < -0.39 is 0 Å². The van der Waals surface area contributed by atoms with Crippen molar-refractivity contribution in [2.24, 2.45) is 0 Å². The number of carbonyl (C=O) groups excluding carboxylic acids is 2. The highest BCUT2D eigenvalue weighted by atomic mass is 16.5. The maximum atomic E-state index is 11.9. The Morgan fingerprint density at radius 1 is 1.35 bits per heavy atom. The van der Waals surface area contributed by atoms with Gasteiger partial charge in [0.15, 0.2) is 0 Å². The number of nitrogens with one attached hydrogen (secondary N) is 2. The highest BCUT2D eigenvalue weighted by Gasteiger charge is 2.19. The van der Waals surface area contributed by atoms with Crippen molar-refractivity contribution in [3.8, 4) is 0 Å². The largest absolute Gasteiger partial charge is 0.377 e. The van der Waals surface area contributed by atoms with Gasteiger partial charge in [-0.3, -0.25) is 9.59 Å². The van der Waals surface area contributed by atoms with Crippen LogP contribution in [-0.4, -0.2) is 61.6 Å². The average Bonchev–Trinajstić information content (AvgIpc) is 2.78. The molecule has 0 aromatic heterocycles. The van der Waals surface area contributed by atoms with Crippen LogP contribution in [0.3, 0.4) is 0 Å². The highest BCUT2D eigenvalue weighted by Crippen LogP contribution is 2.10. The summed E-state index contributed by atoms with van der Waals surface area (Å²) in [7, 11) is 1.64. The molecule has 0 spiro atoms. The van der Waals surface area contributed by atoms with E-state index in [2.05, 4.69) is 10.6 Å². The summed E-state index contributed by atoms with van der Waals surface area (Å²) in [6.45, 7) is 7.56. The number of rotatable bonds is 6. The molecule has 1 atom stereocenters. The summed E-state index contributed by atoms with van der Waals surface area (Å²) in [5.74, 6) is -0.237. The number of amides is 2. The summed E-state index contributed by atoms with van der Waals surface area (Å²) in [6.07, 6.45) is 2.36. The first-order valence-electron chi connectivity index (χ1n) is 7.15. The predicted molar refractivity (Wildman–Crippen MR) is 77.4 cm³/mol. The predicted octanol–water partition coefficient (Wildman–Crippen LogP) is 0.128. The normalized spacial score (nSPS) is 18.9. The van der Waals surface area contributed by atoms with E-state index in [4.69, 9.17) is 4.74 Å². The van der Waals surface area contributed by atoms with Crippen LogP contribution in [0.5, 0.6) is 0 Å². The molecule has 0 bridgehead atoms. The lowest BCUT2D eigenvalue weighted by Gasteiger charge is -2.23. The third kappa shape index (κ3) is 6.86. The SMILES string of the molecule is CN(CC(=O)NC(C)(C)C)C(=O)CNCC1CCCO1. The van der Waals surface area contributed by atoms with Crippen molar-refractivity contribution < 1.29 is 14.3 Å². The molecule has 6 nitrogen and oxygen atoms in total. The second-order valence-electron chi connectivity index (χ2n) is 6.31. The molecule has 116 valence electrons. The molecule has 1 heterocycles. The molecule has 0 saturated carbocycles. The Morgan fingerprint density at radius 3 is 2.60 bits per heavy atom. The first-order valence-corrected chi connectivity index (χ1v) is 7.15. The Hall–Kier alpha value is -1.14. The van der Waals surface area contributed by atoms with Crippen LogP contribution in [0.25, 0.3) is 0 Å². The fraction of sp³-hybridized carbons (Fsp3) is 0.857. The van der Waals surface area contributed by atoms with E-state index in [9.17, 15) is 9.59 Å². The van der Waals surface area contributed by atoms with Gasteiger partial charge in [0.05, 0.1) is 19.2 Å². The fourth-order valence-electron chi connectivity index (χ4n) is 2.04. The smallest absolute Gasteiger partial charge is 0.240 e. The summed E-state index contributed by atoms with van der Waals surface area (Å²) in [5, 5.41) is 5.91. The molecule has 1 saturated heterocycles. The van der Waals surface area contributed by atoms with Crippen LogP contribution in [0.2, 0.25) is 0 Å². The summed E-state index contributed by atoms with van der Waals surface area (Å²) >= 11 is 0. The standard InChI is InChI=1S/C14H27N3O3/c1-14(2,3)16-12(18)10-17(4)13(19)9-15-8-11-6-5-7-20-11/h11,15H,5-10H2,1-4H3,(H,16,18). The van der Waals surface area contributed by atoms with Crippen molar-refractivity contribution in [3.05, 3.63) is 0 Å². The fourth-order valence-corrected chi connectivity index (χ4v) is 2.04. The quantitative estimate of drug-likeness (QED) is 0.728. The molecule has 0 aromatic carbocycles. The summed E-state index contributed by atoms with van der Waals surface area (Å²) in [6, 6.07) is 0. The van der Waals surface area contributed by atoms with Crippen molar-refractivity contribution in [3.63, 3.8) is 0 Å². The number of hydrogen-bond acceptors (Lipinski definition) is 4. The van der Waals surface area contributed by atoms with Gasteiger partial charge in [0, 0.05) is 25.7 Å². The molecule has 1 aliphatic heterocycles. The van der Waals surface area contributed by atoms with Gasteiger partial charge in [-0.15, -0.1) is 0 Å². The van der Waals surface area contributed by atoms with E-state index in [1.807, 2.05) is 20.8 Å². The second-order valence-corrected chi connectivity index (χ2v) is 6.31. The maximum Gasteiger partial charge on any atom is 0.240 e. The van der Waals surface area contributed by atoms with Crippen molar-refractivity contribution in [2.45, 2.75) is 45.3 Å². The minimum atomic E-state index is -0.279. The van der Waals surface area contributed by atoms with Gasteiger partial charge in [0.25, 0.3) is 0 Å². The van der Waals surface area contributed by atoms with Crippen molar-refractivity contribution in [1.29, 1.82) is 0 Å². The molecule has 1 fully saturated rings. The van der Waals surface area contributed by atoms with Crippen LogP contribution in [0.4, 0.5) is 0 Å². The summed E-state index contributed by atoms with van der Waals surface area (Å²) in [4.78, 5) is 25.0. The van der Waals surface area contributed by atoms with Crippen LogP contribution in [-0.2, 0) is 14.3 Å². The zero-order valence-corrected chi connectivity index (χ0v) is 13.0. The molecule has 6 heteroatoms. The monoisotopic (exact) mass is 285 g/mol. The molecule has 1 unspecified atom stereocenters. The maximum absolute atomic E-state index is 11.9.